The molecule has 0 unspecified atom stereocenters. The highest BCUT2D eigenvalue weighted by atomic mass is 16.3. The largest absolute Gasteiger partial charge is 0.456 e. The van der Waals surface area contributed by atoms with Crippen LogP contribution in [0.1, 0.15) is 0 Å². The highest BCUT2D eigenvalue weighted by molar-refractivity contribution is 6.19. The van der Waals surface area contributed by atoms with Crippen molar-refractivity contribution in [3.05, 3.63) is 194 Å². The van der Waals surface area contributed by atoms with Crippen molar-refractivity contribution in [2.75, 3.05) is 4.90 Å². The van der Waals surface area contributed by atoms with Gasteiger partial charge in [0.25, 0.3) is 0 Å². The van der Waals surface area contributed by atoms with Gasteiger partial charge in [-0.1, -0.05) is 115 Å². The summed E-state index contributed by atoms with van der Waals surface area (Å²) in [7, 11) is 0. The van der Waals surface area contributed by atoms with Gasteiger partial charge in [0.2, 0.25) is 0 Å². The van der Waals surface area contributed by atoms with Crippen LogP contribution in [-0.2, 0) is 0 Å². The molecule has 4 nitrogen and oxygen atoms in total. The maximum absolute atomic E-state index is 6.66. The van der Waals surface area contributed by atoms with Crippen LogP contribution in [0.5, 0.6) is 0 Å². The third kappa shape index (κ3) is 4.60. The van der Waals surface area contributed by atoms with Crippen molar-refractivity contribution in [3.63, 3.8) is 0 Å². The zero-order valence-electron chi connectivity index (χ0n) is 30.2. The molecule has 0 spiro atoms. The fraction of sp³-hybridized carbons (Fsp3) is 0. The average molecular weight is 717 g/mol. The quantitative estimate of drug-likeness (QED) is 0.178. The Morgan fingerprint density at radius 1 is 0.375 bits per heavy atom. The fourth-order valence-corrected chi connectivity index (χ4v) is 8.84. The number of furan rings is 2. The summed E-state index contributed by atoms with van der Waals surface area (Å²) in [5, 5.41) is 9.35. The van der Waals surface area contributed by atoms with E-state index in [4.69, 9.17) is 8.83 Å². The van der Waals surface area contributed by atoms with Crippen LogP contribution in [0, 0.1) is 0 Å². The zero-order chi connectivity index (χ0) is 36.7. The second-order valence-corrected chi connectivity index (χ2v) is 14.5. The van der Waals surface area contributed by atoms with Crippen molar-refractivity contribution in [2.45, 2.75) is 0 Å². The highest BCUT2D eigenvalue weighted by Gasteiger charge is 2.20. The molecule has 4 heteroatoms. The van der Waals surface area contributed by atoms with Gasteiger partial charge >= 0.3 is 0 Å². The number of aromatic nitrogens is 1. The smallest absolute Gasteiger partial charge is 0.143 e. The number of para-hydroxylation sites is 4. The van der Waals surface area contributed by atoms with Crippen molar-refractivity contribution < 1.29 is 8.83 Å². The molecule has 3 aromatic heterocycles. The van der Waals surface area contributed by atoms with E-state index >= 15 is 0 Å². The van der Waals surface area contributed by atoms with Gasteiger partial charge in [-0.05, 0) is 89.1 Å². The molecule has 0 amide bonds. The maximum Gasteiger partial charge on any atom is 0.143 e. The molecular weight excluding hydrogens is 685 g/mol. The van der Waals surface area contributed by atoms with Gasteiger partial charge in [-0.2, -0.15) is 0 Å². The number of hydrogen-bond donors (Lipinski definition) is 0. The van der Waals surface area contributed by atoms with Crippen molar-refractivity contribution in [2.24, 2.45) is 0 Å². The Morgan fingerprint density at radius 3 is 1.80 bits per heavy atom. The molecule has 56 heavy (non-hydrogen) atoms. The Morgan fingerprint density at radius 2 is 1.02 bits per heavy atom. The van der Waals surface area contributed by atoms with E-state index in [0.717, 1.165) is 77.8 Å². The molecule has 0 atom stereocenters. The summed E-state index contributed by atoms with van der Waals surface area (Å²) in [4.78, 5) is 2.29. The molecule has 262 valence electrons. The van der Waals surface area contributed by atoms with Gasteiger partial charge < -0.3 is 18.3 Å². The van der Waals surface area contributed by atoms with Crippen LogP contribution in [0.25, 0.3) is 93.3 Å². The second kappa shape index (κ2) is 12.0. The lowest BCUT2D eigenvalue weighted by molar-refractivity contribution is 0.669. The number of fused-ring (bicyclic) bond motifs is 11. The summed E-state index contributed by atoms with van der Waals surface area (Å²) in [5.74, 6) is 0. The molecule has 0 fully saturated rings. The van der Waals surface area contributed by atoms with Crippen LogP contribution in [0.3, 0.4) is 0 Å². The number of rotatable bonds is 5. The molecule has 3 heterocycles. The molecule has 0 radical (unpaired) electrons. The van der Waals surface area contributed by atoms with Crippen molar-refractivity contribution in [1.82, 2.24) is 4.57 Å². The Hall–Kier alpha value is -7.56. The minimum absolute atomic E-state index is 0.862. The predicted molar refractivity (Wildman–Crippen MR) is 233 cm³/mol. The first-order valence-corrected chi connectivity index (χ1v) is 19.0. The summed E-state index contributed by atoms with van der Waals surface area (Å²) in [6.07, 6.45) is 0. The first-order chi connectivity index (χ1) is 27.8. The van der Waals surface area contributed by atoms with E-state index in [1.165, 1.54) is 32.6 Å². The van der Waals surface area contributed by atoms with Gasteiger partial charge in [-0.25, -0.2) is 0 Å². The Balaban J connectivity index is 1.03. The van der Waals surface area contributed by atoms with E-state index in [2.05, 4.69) is 198 Å². The first kappa shape index (κ1) is 30.9. The summed E-state index contributed by atoms with van der Waals surface area (Å²) in [5.41, 5.74) is 12.2. The van der Waals surface area contributed by atoms with Crippen LogP contribution in [0.2, 0.25) is 0 Å². The van der Waals surface area contributed by atoms with Gasteiger partial charge in [0.15, 0.2) is 0 Å². The molecule has 0 saturated carbocycles. The van der Waals surface area contributed by atoms with Crippen molar-refractivity contribution >= 4 is 93.5 Å². The summed E-state index contributed by atoms with van der Waals surface area (Å²) in [6, 6.07) is 68.9. The number of hydrogen-bond acceptors (Lipinski definition) is 3. The second-order valence-electron chi connectivity index (χ2n) is 14.5. The molecule has 0 aliphatic carbocycles. The number of nitrogens with zero attached hydrogens (tertiary/aromatic N) is 2. The van der Waals surface area contributed by atoms with Crippen LogP contribution in [0.4, 0.5) is 17.1 Å². The molecule has 12 aromatic rings. The first-order valence-electron chi connectivity index (χ1n) is 19.0. The standard InChI is InChI=1S/C52H32N2O2/c1-2-13-35(14-3-1)53(37-27-28-43-50(32-37)55-49-29-24-33-12-4-5-15-39(33)51(43)49)36-25-22-34(23-26-36)44-30-38(31-45-42-18-8-11-21-48(42)56-52(44)45)54-46-19-9-6-16-40(46)41-17-7-10-20-47(41)54/h1-32H. The molecule has 0 bridgehead atoms. The summed E-state index contributed by atoms with van der Waals surface area (Å²) in [6.45, 7) is 0. The van der Waals surface area contributed by atoms with Gasteiger partial charge in [0, 0.05) is 66.7 Å². The summed E-state index contributed by atoms with van der Waals surface area (Å²) < 4.78 is 15.6. The van der Waals surface area contributed by atoms with Crippen LogP contribution in [0.15, 0.2) is 203 Å². The molecule has 12 rings (SSSR count). The van der Waals surface area contributed by atoms with Gasteiger partial charge in [-0.15, -0.1) is 0 Å². The van der Waals surface area contributed by atoms with Gasteiger partial charge in [-0.3, -0.25) is 0 Å². The van der Waals surface area contributed by atoms with Crippen LogP contribution >= 0.6 is 0 Å². The van der Waals surface area contributed by atoms with Crippen LogP contribution < -0.4 is 4.90 Å². The molecule has 0 N–H and O–H groups in total. The normalized spacial score (nSPS) is 11.9. The molecule has 9 aromatic carbocycles. The minimum atomic E-state index is 0.862. The van der Waals surface area contributed by atoms with Gasteiger partial charge in [0.1, 0.15) is 22.3 Å². The summed E-state index contributed by atoms with van der Waals surface area (Å²) >= 11 is 0. The van der Waals surface area contributed by atoms with E-state index in [9.17, 15) is 0 Å². The average Bonchev–Trinajstić information content (AvgIpc) is 3.94. The Kier molecular flexibility index (Phi) is 6.60. The SMILES string of the molecule is c1ccc(N(c2ccc(-c3cc(-n4c5ccccc5c5ccccc54)cc4c3oc3ccccc34)cc2)c2ccc3c(c2)oc2ccc4ccccc4c23)cc1. The van der Waals surface area contributed by atoms with E-state index in [-0.39, 0.29) is 0 Å². The minimum Gasteiger partial charge on any atom is -0.456 e. The number of benzene rings is 9. The van der Waals surface area contributed by atoms with E-state index < -0.39 is 0 Å². The van der Waals surface area contributed by atoms with Crippen molar-refractivity contribution in [1.29, 1.82) is 0 Å². The lowest BCUT2D eigenvalue weighted by atomic mass is 10.00. The van der Waals surface area contributed by atoms with E-state index in [1.807, 2.05) is 6.07 Å². The topological polar surface area (TPSA) is 34.5 Å². The number of anilines is 3. The maximum atomic E-state index is 6.66. The molecule has 0 aliphatic rings. The van der Waals surface area contributed by atoms with E-state index in [1.54, 1.807) is 0 Å². The molecule has 0 aliphatic heterocycles. The Bertz CT molecular complexity index is 3430. The lowest BCUT2D eigenvalue weighted by Gasteiger charge is -2.25. The predicted octanol–water partition coefficient (Wildman–Crippen LogP) is 14.9. The van der Waals surface area contributed by atoms with Gasteiger partial charge in [0.05, 0.1) is 11.0 Å². The third-order valence-electron chi connectivity index (χ3n) is 11.4. The van der Waals surface area contributed by atoms with Crippen molar-refractivity contribution in [3.8, 4) is 16.8 Å². The van der Waals surface area contributed by atoms with E-state index in [0.29, 0.717) is 0 Å². The fourth-order valence-electron chi connectivity index (χ4n) is 8.84. The molecule has 0 saturated heterocycles. The third-order valence-corrected chi connectivity index (χ3v) is 11.4. The lowest BCUT2D eigenvalue weighted by Crippen LogP contribution is -2.09. The highest BCUT2D eigenvalue weighted by Crippen LogP contribution is 2.43. The Labute approximate surface area is 321 Å². The van der Waals surface area contributed by atoms with Crippen LogP contribution in [-0.4, -0.2) is 4.57 Å². The zero-order valence-corrected chi connectivity index (χ0v) is 30.2. The monoisotopic (exact) mass is 716 g/mol. The molecular formula is C52H32N2O2.